The van der Waals surface area contributed by atoms with Gasteiger partial charge in [-0.1, -0.05) is 6.07 Å². The quantitative estimate of drug-likeness (QED) is 0.653. The molecule has 1 aromatic rings. The highest BCUT2D eigenvalue weighted by Gasteiger charge is 2.23. The number of pyridine rings is 1. The Kier molecular flexibility index (Phi) is 4.02. The summed E-state index contributed by atoms with van der Waals surface area (Å²) in [4.78, 5) is 14.4. The van der Waals surface area contributed by atoms with E-state index in [9.17, 15) is 15.0 Å². The SMILES string of the molecule is O=C(O)c1ncccc1C(O)C(O)CCl. The van der Waals surface area contributed by atoms with Crippen LogP contribution >= 0.6 is 11.6 Å². The second-order valence-electron chi connectivity index (χ2n) is 2.91. The highest BCUT2D eigenvalue weighted by atomic mass is 35.5. The molecule has 0 saturated heterocycles. The molecule has 82 valence electrons. The van der Waals surface area contributed by atoms with Crippen LogP contribution in [0, 0.1) is 0 Å². The van der Waals surface area contributed by atoms with E-state index in [1.165, 1.54) is 18.3 Å². The predicted molar refractivity (Wildman–Crippen MR) is 52.9 cm³/mol. The Labute approximate surface area is 91.0 Å². The molecule has 0 aliphatic heterocycles. The molecular weight excluding hydrogens is 222 g/mol. The molecule has 0 radical (unpaired) electrons. The van der Waals surface area contributed by atoms with Gasteiger partial charge < -0.3 is 15.3 Å². The number of carbonyl (C=O) groups is 1. The van der Waals surface area contributed by atoms with Crippen molar-refractivity contribution in [1.82, 2.24) is 4.98 Å². The lowest BCUT2D eigenvalue weighted by Crippen LogP contribution is -2.22. The summed E-state index contributed by atoms with van der Waals surface area (Å²) in [6.07, 6.45) is -1.26. The Morgan fingerprint density at radius 2 is 2.20 bits per heavy atom. The van der Waals surface area contributed by atoms with Gasteiger partial charge in [0.25, 0.3) is 0 Å². The number of hydrogen-bond donors (Lipinski definition) is 3. The monoisotopic (exact) mass is 231 g/mol. The Hall–Kier alpha value is -1.17. The van der Waals surface area contributed by atoms with Crippen LogP contribution < -0.4 is 0 Å². The van der Waals surface area contributed by atoms with Gasteiger partial charge in [0.05, 0.1) is 12.0 Å². The normalized spacial score (nSPS) is 14.6. The minimum absolute atomic E-state index is 0.0538. The van der Waals surface area contributed by atoms with Crippen molar-refractivity contribution in [2.75, 3.05) is 5.88 Å². The third kappa shape index (κ3) is 2.65. The van der Waals surface area contributed by atoms with Gasteiger partial charge in [0, 0.05) is 11.8 Å². The Balaban J connectivity index is 3.07. The van der Waals surface area contributed by atoms with Crippen LogP contribution in [0.25, 0.3) is 0 Å². The smallest absolute Gasteiger partial charge is 0.354 e. The van der Waals surface area contributed by atoms with Crippen LogP contribution in [-0.4, -0.2) is 38.3 Å². The topological polar surface area (TPSA) is 90.7 Å². The second-order valence-corrected chi connectivity index (χ2v) is 3.22. The van der Waals surface area contributed by atoms with Gasteiger partial charge in [0.15, 0.2) is 5.69 Å². The fourth-order valence-electron chi connectivity index (χ4n) is 1.13. The van der Waals surface area contributed by atoms with Gasteiger partial charge in [-0.05, 0) is 6.07 Å². The van der Waals surface area contributed by atoms with Gasteiger partial charge in [-0.2, -0.15) is 0 Å². The number of aromatic carboxylic acids is 1. The van der Waals surface area contributed by atoms with Crippen LogP contribution in [0.4, 0.5) is 0 Å². The summed E-state index contributed by atoms with van der Waals surface area (Å²) in [7, 11) is 0. The van der Waals surface area contributed by atoms with E-state index in [0.717, 1.165) is 0 Å². The largest absolute Gasteiger partial charge is 0.477 e. The van der Waals surface area contributed by atoms with Crippen molar-refractivity contribution in [3.05, 3.63) is 29.6 Å². The average molecular weight is 232 g/mol. The first-order chi connectivity index (χ1) is 7.07. The van der Waals surface area contributed by atoms with Crippen molar-refractivity contribution in [3.63, 3.8) is 0 Å². The van der Waals surface area contributed by atoms with E-state index in [4.69, 9.17) is 16.7 Å². The van der Waals surface area contributed by atoms with E-state index in [2.05, 4.69) is 4.98 Å². The Morgan fingerprint density at radius 3 is 2.73 bits per heavy atom. The number of aliphatic hydroxyl groups excluding tert-OH is 2. The minimum atomic E-state index is -1.35. The molecule has 0 saturated carbocycles. The fourth-order valence-corrected chi connectivity index (χ4v) is 1.30. The van der Waals surface area contributed by atoms with E-state index >= 15 is 0 Å². The molecule has 1 aromatic heterocycles. The van der Waals surface area contributed by atoms with Crippen LogP contribution in [0.15, 0.2) is 18.3 Å². The summed E-state index contributed by atoms with van der Waals surface area (Å²) < 4.78 is 0. The van der Waals surface area contributed by atoms with Gasteiger partial charge in [0.2, 0.25) is 0 Å². The molecule has 0 aromatic carbocycles. The van der Waals surface area contributed by atoms with Crippen molar-refractivity contribution in [2.45, 2.75) is 12.2 Å². The number of aromatic nitrogens is 1. The summed E-state index contributed by atoms with van der Waals surface area (Å²) in [5, 5.41) is 27.6. The molecule has 0 aliphatic carbocycles. The number of nitrogens with zero attached hydrogens (tertiary/aromatic N) is 1. The maximum absolute atomic E-state index is 10.7. The molecule has 0 aliphatic rings. The van der Waals surface area contributed by atoms with Crippen molar-refractivity contribution >= 4 is 17.6 Å². The van der Waals surface area contributed by atoms with Gasteiger partial charge in [0.1, 0.15) is 6.10 Å². The number of alkyl halides is 1. The third-order valence-electron chi connectivity index (χ3n) is 1.88. The van der Waals surface area contributed by atoms with E-state index in [1.54, 1.807) is 0 Å². The maximum atomic E-state index is 10.7. The molecule has 3 N–H and O–H groups in total. The molecule has 15 heavy (non-hydrogen) atoms. The molecule has 1 rings (SSSR count). The Bertz CT molecular complexity index is 358. The number of aliphatic hydroxyl groups is 2. The fraction of sp³-hybridized carbons (Fsp3) is 0.333. The zero-order valence-corrected chi connectivity index (χ0v) is 8.42. The van der Waals surface area contributed by atoms with E-state index < -0.39 is 18.2 Å². The molecule has 0 fully saturated rings. The van der Waals surface area contributed by atoms with Crippen molar-refractivity contribution < 1.29 is 20.1 Å². The zero-order chi connectivity index (χ0) is 11.4. The highest BCUT2D eigenvalue weighted by molar-refractivity contribution is 6.18. The average Bonchev–Trinajstić information content (AvgIpc) is 2.27. The van der Waals surface area contributed by atoms with Crippen molar-refractivity contribution in [1.29, 1.82) is 0 Å². The second kappa shape index (κ2) is 5.06. The molecule has 0 bridgehead atoms. The van der Waals surface area contributed by atoms with Crippen LogP contribution in [0.2, 0.25) is 0 Å². The summed E-state index contributed by atoms with van der Waals surface area (Å²) in [5.41, 5.74) is -0.229. The van der Waals surface area contributed by atoms with Crippen molar-refractivity contribution in [3.8, 4) is 0 Å². The van der Waals surface area contributed by atoms with E-state index in [1.807, 2.05) is 0 Å². The van der Waals surface area contributed by atoms with Gasteiger partial charge in [-0.15, -0.1) is 11.6 Å². The number of carboxylic acid groups (broad SMARTS) is 1. The first-order valence-corrected chi connectivity index (χ1v) is 4.71. The number of halogens is 1. The lowest BCUT2D eigenvalue weighted by Gasteiger charge is -2.16. The van der Waals surface area contributed by atoms with Crippen LogP contribution in [0.1, 0.15) is 22.2 Å². The minimum Gasteiger partial charge on any atom is -0.477 e. The van der Waals surface area contributed by atoms with E-state index in [0.29, 0.717) is 0 Å². The van der Waals surface area contributed by atoms with Crippen molar-refractivity contribution in [2.24, 2.45) is 0 Å². The standard InChI is InChI=1S/C9H10ClNO4/c10-4-6(12)8(13)5-2-1-3-11-7(5)9(14)15/h1-3,6,8,12-13H,4H2,(H,14,15). The molecule has 5 nitrogen and oxygen atoms in total. The lowest BCUT2D eigenvalue weighted by atomic mass is 10.0. The lowest BCUT2D eigenvalue weighted by molar-refractivity contribution is 0.0309. The maximum Gasteiger partial charge on any atom is 0.354 e. The molecular formula is C9H10ClNO4. The highest BCUT2D eigenvalue weighted by Crippen LogP contribution is 2.20. The molecule has 6 heteroatoms. The zero-order valence-electron chi connectivity index (χ0n) is 7.67. The van der Waals surface area contributed by atoms with Gasteiger partial charge in [-0.25, -0.2) is 9.78 Å². The third-order valence-corrected chi connectivity index (χ3v) is 2.20. The molecule has 0 amide bonds. The van der Waals surface area contributed by atoms with Crippen LogP contribution in [0.3, 0.4) is 0 Å². The first kappa shape index (κ1) is 11.9. The number of rotatable bonds is 4. The van der Waals surface area contributed by atoms with E-state index in [-0.39, 0.29) is 17.1 Å². The van der Waals surface area contributed by atoms with Gasteiger partial charge in [-0.3, -0.25) is 0 Å². The molecule has 2 unspecified atom stereocenters. The number of hydrogen-bond acceptors (Lipinski definition) is 4. The predicted octanol–water partition coefficient (Wildman–Crippen LogP) is 0.413. The molecule has 2 atom stereocenters. The summed E-state index contributed by atoms with van der Waals surface area (Å²) in [6, 6.07) is 2.86. The first-order valence-electron chi connectivity index (χ1n) is 4.18. The Morgan fingerprint density at radius 1 is 1.53 bits per heavy atom. The van der Waals surface area contributed by atoms with Gasteiger partial charge >= 0.3 is 5.97 Å². The van der Waals surface area contributed by atoms with Crippen LogP contribution in [0.5, 0.6) is 0 Å². The molecule has 0 spiro atoms. The number of carboxylic acids is 1. The summed E-state index contributed by atoms with van der Waals surface area (Å²) in [6.45, 7) is 0. The molecule has 1 heterocycles. The van der Waals surface area contributed by atoms with Crippen LogP contribution in [-0.2, 0) is 0 Å². The summed E-state index contributed by atoms with van der Waals surface area (Å²) >= 11 is 5.35. The summed E-state index contributed by atoms with van der Waals surface area (Å²) in [5.74, 6) is -1.44.